The van der Waals surface area contributed by atoms with Crippen LogP contribution >= 0.6 is 15.9 Å². The molecule has 0 heterocycles. The minimum atomic E-state index is -0.0151. The lowest BCUT2D eigenvalue weighted by molar-refractivity contribution is 0.0765. The highest BCUT2D eigenvalue weighted by atomic mass is 79.9. The highest BCUT2D eigenvalue weighted by molar-refractivity contribution is 9.10. The molecule has 1 amide bonds. The quantitative estimate of drug-likeness (QED) is 0.722. The molecule has 5 heteroatoms. The summed E-state index contributed by atoms with van der Waals surface area (Å²) < 4.78 is 11.4. The number of carbonyl (C=O) groups excluding carboxylic acids is 1. The predicted molar refractivity (Wildman–Crippen MR) is 78.8 cm³/mol. The average Bonchev–Trinajstić information content (AvgIpc) is 2.41. The van der Waals surface area contributed by atoms with Crippen LogP contribution < -0.4 is 4.74 Å². The Labute approximate surface area is 122 Å². The molecular weight excluding hydrogens is 310 g/mol. The third-order valence-corrected chi connectivity index (χ3v) is 3.26. The fourth-order valence-corrected chi connectivity index (χ4v) is 2.07. The summed E-state index contributed by atoms with van der Waals surface area (Å²) in [6.45, 7) is 6.21. The van der Waals surface area contributed by atoms with Gasteiger partial charge in [0.05, 0.1) is 12.2 Å². The highest BCUT2D eigenvalue weighted by Crippen LogP contribution is 2.24. The predicted octanol–water partition coefficient (Wildman–Crippen LogP) is 2.96. The molecule has 1 aromatic carbocycles. The van der Waals surface area contributed by atoms with E-state index in [9.17, 15) is 4.79 Å². The zero-order valence-electron chi connectivity index (χ0n) is 11.6. The molecule has 0 saturated carbocycles. The number of carbonyl (C=O) groups is 1. The van der Waals surface area contributed by atoms with Gasteiger partial charge >= 0.3 is 0 Å². The van der Waals surface area contributed by atoms with Gasteiger partial charge < -0.3 is 14.4 Å². The molecule has 0 N–H and O–H groups in total. The van der Waals surface area contributed by atoms with Gasteiger partial charge in [0.15, 0.2) is 0 Å². The minimum absolute atomic E-state index is 0.0151. The molecule has 19 heavy (non-hydrogen) atoms. The van der Waals surface area contributed by atoms with E-state index in [-0.39, 0.29) is 5.91 Å². The molecule has 0 aliphatic heterocycles. The van der Waals surface area contributed by atoms with Crippen molar-refractivity contribution >= 4 is 21.8 Å². The molecule has 0 aliphatic rings. The Kier molecular flexibility index (Phi) is 6.87. The fraction of sp³-hybridized carbons (Fsp3) is 0.500. The summed E-state index contributed by atoms with van der Waals surface area (Å²) in [7, 11) is 1.62. The summed E-state index contributed by atoms with van der Waals surface area (Å²) in [6.07, 6.45) is 0. The first kappa shape index (κ1) is 16.0. The SMILES string of the molecule is CCN(CC)C(=O)c1cc(Br)ccc1OCCOC. The Hall–Kier alpha value is -1.07. The third kappa shape index (κ3) is 4.51. The molecule has 0 saturated heterocycles. The summed E-state index contributed by atoms with van der Waals surface area (Å²) in [5, 5.41) is 0. The number of nitrogens with zero attached hydrogens (tertiary/aromatic N) is 1. The van der Waals surface area contributed by atoms with Crippen molar-refractivity contribution in [1.82, 2.24) is 4.90 Å². The number of hydrogen-bond donors (Lipinski definition) is 0. The number of benzene rings is 1. The molecule has 4 nitrogen and oxygen atoms in total. The van der Waals surface area contributed by atoms with Gasteiger partial charge in [-0.05, 0) is 32.0 Å². The van der Waals surface area contributed by atoms with Crippen LogP contribution in [0.15, 0.2) is 22.7 Å². The number of hydrogen-bond acceptors (Lipinski definition) is 3. The van der Waals surface area contributed by atoms with Crippen molar-refractivity contribution in [1.29, 1.82) is 0 Å². The topological polar surface area (TPSA) is 38.8 Å². The smallest absolute Gasteiger partial charge is 0.257 e. The van der Waals surface area contributed by atoms with Crippen LogP contribution in [0, 0.1) is 0 Å². The third-order valence-electron chi connectivity index (χ3n) is 2.77. The first-order valence-corrected chi connectivity index (χ1v) is 7.13. The highest BCUT2D eigenvalue weighted by Gasteiger charge is 2.17. The van der Waals surface area contributed by atoms with Crippen LogP contribution in [0.1, 0.15) is 24.2 Å². The van der Waals surface area contributed by atoms with Gasteiger partial charge in [0.25, 0.3) is 5.91 Å². The van der Waals surface area contributed by atoms with Gasteiger partial charge in [-0.2, -0.15) is 0 Å². The van der Waals surface area contributed by atoms with Crippen molar-refractivity contribution < 1.29 is 14.3 Å². The molecule has 1 rings (SSSR count). The molecular formula is C14H20BrNO3. The Balaban J connectivity index is 2.95. The Morgan fingerprint density at radius 1 is 1.26 bits per heavy atom. The largest absolute Gasteiger partial charge is 0.490 e. The molecule has 0 fully saturated rings. The van der Waals surface area contributed by atoms with Crippen LogP contribution in [0.3, 0.4) is 0 Å². The van der Waals surface area contributed by atoms with Crippen molar-refractivity contribution in [3.63, 3.8) is 0 Å². The number of amides is 1. The average molecular weight is 330 g/mol. The molecule has 0 bridgehead atoms. The molecule has 0 atom stereocenters. The van der Waals surface area contributed by atoms with E-state index in [1.54, 1.807) is 24.1 Å². The second-order valence-corrected chi connectivity index (χ2v) is 4.87. The number of rotatable bonds is 7. The van der Waals surface area contributed by atoms with E-state index in [1.807, 2.05) is 19.9 Å². The van der Waals surface area contributed by atoms with E-state index in [4.69, 9.17) is 9.47 Å². The van der Waals surface area contributed by atoms with Crippen molar-refractivity contribution in [2.75, 3.05) is 33.4 Å². The van der Waals surface area contributed by atoms with E-state index in [2.05, 4.69) is 15.9 Å². The van der Waals surface area contributed by atoms with Gasteiger partial charge in [0.2, 0.25) is 0 Å². The second kappa shape index (κ2) is 8.17. The standard InChI is InChI=1S/C14H20BrNO3/c1-4-16(5-2)14(17)12-10-11(15)6-7-13(12)19-9-8-18-3/h6-7,10H,4-5,8-9H2,1-3H3. The first-order chi connectivity index (χ1) is 9.13. The van der Waals surface area contributed by atoms with E-state index in [1.165, 1.54) is 0 Å². The van der Waals surface area contributed by atoms with Gasteiger partial charge in [-0.25, -0.2) is 0 Å². The minimum Gasteiger partial charge on any atom is -0.490 e. The van der Waals surface area contributed by atoms with Crippen molar-refractivity contribution in [3.05, 3.63) is 28.2 Å². The maximum absolute atomic E-state index is 12.4. The van der Waals surface area contributed by atoms with Gasteiger partial charge in [-0.1, -0.05) is 15.9 Å². The summed E-state index contributed by atoms with van der Waals surface area (Å²) in [4.78, 5) is 14.2. The van der Waals surface area contributed by atoms with Gasteiger partial charge in [0, 0.05) is 24.7 Å². The zero-order chi connectivity index (χ0) is 14.3. The monoisotopic (exact) mass is 329 g/mol. The summed E-state index contributed by atoms with van der Waals surface area (Å²) in [5.74, 6) is 0.580. The lowest BCUT2D eigenvalue weighted by Gasteiger charge is -2.20. The van der Waals surface area contributed by atoms with E-state index >= 15 is 0 Å². The second-order valence-electron chi connectivity index (χ2n) is 3.96. The van der Waals surface area contributed by atoms with Crippen molar-refractivity contribution in [2.24, 2.45) is 0 Å². The van der Waals surface area contributed by atoms with Crippen molar-refractivity contribution in [3.8, 4) is 5.75 Å². The molecule has 0 spiro atoms. The molecule has 0 unspecified atom stereocenters. The van der Waals surface area contributed by atoms with E-state index in [0.717, 1.165) is 4.47 Å². The first-order valence-electron chi connectivity index (χ1n) is 6.34. The lowest BCUT2D eigenvalue weighted by atomic mass is 10.1. The van der Waals surface area contributed by atoms with Crippen LogP contribution in [-0.2, 0) is 4.74 Å². The van der Waals surface area contributed by atoms with Crippen LogP contribution in [0.2, 0.25) is 0 Å². The normalized spacial score (nSPS) is 10.3. The number of halogens is 1. The van der Waals surface area contributed by atoms with Crippen LogP contribution in [0.5, 0.6) is 5.75 Å². The summed E-state index contributed by atoms with van der Waals surface area (Å²) in [6, 6.07) is 5.46. The van der Waals surface area contributed by atoms with E-state index in [0.29, 0.717) is 37.6 Å². The molecule has 106 valence electrons. The molecule has 0 aliphatic carbocycles. The summed E-state index contributed by atoms with van der Waals surface area (Å²) in [5.41, 5.74) is 0.578. The van der Waals surface area contributed by atoms with Crippen molar-refractivity contribution in [2.45, 2.75) is 13.8 Å². The van der Waals surface area contributed by atoms with Gasteiger partial charge in [-0.3, -0.25) is 4.79 Å². The maximum atomic E-state index is 12.4. The number of methoxy groups -OCH3 is 1. The van der Waals surface area contributed by atoms with Crippen LogP contribution in [0.4, 0.5) is 0 Å². The molecule has 0 radical (unpaired) electrons. The fourth-order valence-electron chi connectivity index (χ4n) is 1.71. The molecule has 1 aromatic rings. The maximum Gasteiger partial charge on any atom is 0.257 e. The lowest BCUT2D eigenvalue weighted by Crippen LogP contribution is -2.30. The summed E-state index contributed by atoms with van der Waals surface area (Å²) >= 11 is 3.39. The Morgan fingerprint density at radius 2 is 1.95 bits per heavy atom. The number of ether oxygens (including phenoxy) is 2. The Bertz CT molecular complexity index is 419. The van der Waals surface area contributed by atoms with Gasteiger partial charge in [-0.15, -0.1) is 0 Å². The molecule has 0 aromatic heterocycles. The Morgan fingerprint density at radius 3 is 2.53 bits per heavy atom. The zero-order valence-corrected chi connectivity index (χ0v) is 13.2. The van der Waals surface area contributed by atoms with Crippen LogP contribution in [0.25, 0.3) is 0 Å². The van der Waals surface area contributed by atoms with Crippen LogP contribution in [-0.4, -0.2) is 44.2 Å². The van der Waals surface area contributed by atoms with Gasteiger partial charge in [0.1, 0.15) is 12.4 Å². The van der Waals surface area contributed by atoms with E-state index < -0.39 is 0 Å².